The first-order valence-corrected chi connectivity index (χ1v) is 10.5. The first-order chi connectivity index (χ1) is 14.5. The van der Waals surface area contributed by atoms with Crippen molar-refractivity contribution in [2.45, 2.75) is 40.5 Å². The second-order valence-electron chi connectivity index (χ2n) is 8.64. The van der Waals surface area contributed by atoms with Gasteiger partial charge >= 0.3 is 0 Å². The third kappa shape index (κ3) is 5.88. The van der Waals surface area contributed by atoms with Crippen molar-refractivity contribution in [2.24, 2.45) is 21.9 Å². The number of rotatable bonds is 5. The number of aliphatic imine (C=N–C) groups is 1. The predicted octanol–water partition coefficient (Wildman–Crippen LogP) is 4.77. The summed E-state index contributed by atoms with van der Waals surface area (Å²) in [6, 6.07) is 4.77. The number of carbonyl (C=O) groups excluding carboxylic acids is 1. The number of halogens is 2. The quantitative estimate of drug-likeness (QED) is 0.385. The van der Waals surface area contributed by atoms with Gasteiger partial charge in [-0.25, -0.2) is 0 Å². The van der Waals surface area contributed by atoms with Gasteiger partial charge in [-0.15, -0.1) is 5.23 Å². The van der Waals surface area contributed by atoms with Gasteiger partial charge in [0.2, 0.25) is 0 Å². The average molecular weight is 448 g/mol. The normalized spacial score (nSPS) is 17.1. The maximum absolute atomic E-state index is 14.9. The van der Waals surface area contributed by atoms with Gasteiger partial charge in [-0.1, -0.05) is 49.0 Å². The summed E-state index contributed by atoms with van der Waals surface area (Å²) in [5.74, 6) is -0.359. The minimum atomic E-state index is -0.359. The van der Waals surface area contributed by atoms with E-state index in [1.54, 1.807) is 38.2 Å². The van der Waals surface area contributed by atoms with E-state index in [0.717, 1.165) is 6.42 Å². The van der Waals surface area contributed by atoms with Gasteiger partial charge in [-0.2, -0.15) is 0 Å². The van der Waals surface area contributed by atoms with E-state index in [4.69, 9.17) is 23.1 Å². The number of hydrogen-bond donors (Lipinski definition) is 2. The highest BCUT2D eigenvalue weighted by Crippen LogP contribution is 2.36. The minimum Gasteiger partial charge on any atom is -0.404 e. The smallest absolute Gasteiger partial charge is 0.194 e. The van der Waals surface area contributed by atoms with Gasteiger partial charge in [-0.05, 0) is 37.3 Å². The molecule has 2 rings (SSSR count). The number of benzene rings is 1. The Hall–Kier alpha value is -2.80. The number of carbonyl (C=O) groups is 1. The Balaban J connectivity index is 2.53. The Morgan fingerprint density at radius 2 is 2.03 bits per heavy atom. The molecule has 1 aliphatic rings. The number of nitrogens with zero attached hydrogens (tertiary/aromatic N) is 3. The predicted molar refractivity (Wildman–Crippen MR) is 127 cm³/mol. The molecule has 0 atom stereocenters. The van der Waals surface area contributed by atoms with Crippen LogP contribution < -0.4 is 16.7 Å². The summed E-state index contributed by atoms with van der Waals surface area (Å²) in [5.41, 5.74) is 13.9. The van der Waals surface area contributed by atoms with E-state index >= 15 is 0 Å². The van der Waals surface area contributed by atoms with Gasteiger partial charge in [0.1, 0.15) is 5.69 Å². The van der Waals surface area contributed by atoms with E-state index in [9.17, 15) is 9.28 Å². The molecule has 0 radical (unpaired) electrons. The molecule has 1 aliphatic heterocycles. The van der Waals surface area contributed by atoms with Crippen molar-refractivity contribution in [3.05, 3.63) is 58.4 Å². The fourth-order valence-corrected chi connectivity index (χ4v) is 3.40. The maximum atomic E-state index is 14.9. The summed E-state index contributed by atoms with van der Waals surface area (Å²) in [5, 5.41) is 1.91. The lowest BCUT2D eigenvalue weighted by Gasteiger charge is -2.25. The fourth-order valence-electron chi connectivity index (χ4n) is 3.13. The van der Waals surface area contributed by atoms with Gasteiger partial charge in [0.05, 0.1) is 16.3 Å². The Labute approximate surface area is 188 Å². The summed E-state index contributed by atoms with van der Waals surface area (Å²) in [4.78, 5) is 18.0. The van der Waals surface area contributed by atoms with Crippen LogP contribution in [0.3, 0.4) is 0 Å². The molecule has 0 saturated carbocycles. The van der Waals surface area contributed by atoms with Gasteiger partial charge in [0, 0.05) is 42.8 Å². The largest absolute Gasteiger partial charge is 0.404 e. The lowest BCUT2D eigenvalue weighted by Crippen LogP contribution is -2.29. The van der Waals surface area contributed by atoms with Crippen LogP contribution in [0.4, 0.5) is 10.2 Å². The Morgan fingerprint density at radius 1 is 1.35 bits per heavy atom. The first kappa shape index (κ1) is 24.5. The van der Waals surface area contributed by atoms with E-state index in [-0.39, 0.29) is 50.7 Å². The van der Waals surface area contributed by atoms with Crippen molar-refractivity contribution in [3.63, 3.8) is 0 Å². The van der Waals surface area contributed by atoms with Crippen LogP contribution >= 0.6 is 11.6 Å². The summed E-state index contributed by atoms with van der Waals surface area (Å²) in [7, 11) is 1.54. The van der Waals surface area contributed by atoms with Crippen molar-refractivity contribution < 1.29 is 9.28 Å². The lowest BCUT2D eigenvalue weighted by molar-refractivity contribution is -0.111. The number of allylic oxidation sites excluding steroid dienone is 3. The first-order valence-electron chi connectivity index (χ1n) is 10.1. The van der Waals surface area contributed by atoms with Crippen LogP contribution in [0.2, 0.25) is 5.02 Å². The van der Waals surface area contributed by atoms with Crippen LogP contribution in [-0.2, 0) is 4.79 Å². The fraction of sp³-hybridized carbons (Fsp3) is 0.391. The van der Waals surface area contributed by atoms with Crippen molar-refractivity contribution in [3.8, 4) is 0 Å². The summed E-state index contributed by atoms with van der Waals surface area (Å²) in [6.45, 7) is 8.71. The van der Waals surface area contributed by atoms with Crippen molar-refractivity contribution in [1.29, 1.82) is 0 Å². The SMILES string of the molecule is CC(=NCCC(C)(C)C)C(=CN)C(=O)C1=C(N)c2c(Cl)cccc2N(F)N(C)/C=C\C1. The second kappa shape index (κ2) is 10.0. The molecule has 1 heterocycles. The number of Topliss-reactive ketones (excluding diaryl/α,β-unsaturated/α-hetero) is 1. The Bertz CT molecular complexity index is 959. The van der Waals surface area contributed by atoms with Crippen molar-refractivity contribution in [1.82, 2.24) is 5.01 Å². The molecule has 0 bridgehead atoms. The molecule has 0 spiro atoms. The van der Waals surface area contributed by atoms with E-state index in [0.29, 0.717) is 17.5 Å². The molecule has 0 aliphatic carbocycles. The zero-order valence-corrected chi connectivity index (χ0v) is 19.5. The molecule has 4 N–H and O–H groups in total. The maximum Gasteiger partial charge on any atom is 0.194 e. The molecule has 168 valence electrons. The highest BCUT2D eigenvalue weighted by atomic mass is 35.5. The van der Waals surface area contributed by atoms with E-state index in [1.807, 2.05) is 0 Å². The summed E-state index contributed by atoms with van der Waals surface area (Å²) >= 11 is 6.37. The van der Waals surface area contributed by atoms with Crippen LogP contribution in [-0.4, -0.2) is 30.1 Å². The molecular formula is C23H31ClFN5O. The molecule has 0 amide bonds. The molecule has 0 aromatic heterocycles. The van der Waals surface area contributed by atoms with Crippen LogP contribution in [0.25, 0.3) is 5.70 Å². The van der Waals surface area contributed by atoms with E-state index < -0.39 is 0 Å². The lowest BCUT2D eigenvalue weighted by atomic mass is 9.92. The molecule has 1 aromatic rings. The monoisotopic (exact) mass is 447 g/mol. The Morgan fingerprint density at radius 3 is 2.65 bits per heavy atom. The molecule has 0 unspecified atom stereocenters. The van der Waals surface area contributed by atoms with Crippen LogP contribution in [0, 0.1) is 5.41 Å². The minimum absolute atomic E-state index is 0.107. The zero-order valence-electron chi connectivity index (χ0n) is 18.7. The highest BCUT2D eigenvalue weighted by Gasteiger charge is 2.26. The average Bonchev–Trinajstić information content (AvgIpc) is 2.72. The summed E-state index contributed by atoms with van der Waals surface area (Å²) in [6.07, 6.45) is 5.47. The molecule has 6 nitrogen and oxygen atoms in total. The van der Waals surface area contributed by atoms with Crippen LogP contribution in [0.5, 0.6) is 0 Å². The van der Waals surface area contributed by atoms with E-state index in [1.165, 1.54) is 17.4 Å². The highest BCUT2D eigenvalue weighted by molar-refractivity contribution is 6.34. The summed E-state index contributed by atoms with van der Waals surface area (Å²) < 4.78 is 14.9. The second-order valence-corrected chi connectivity index (χ2v) is 9.04. The molecular weight excluding hydrogens is 417 g/mol. The third-order valence-electron chi connectivity index (χ3n) is 4.99. The van der Waals surface area contributed by atoms with Gasteiger partial charge in [0.15, 0.2) is 5.78 Å². The van der Waals surface area contributed by atoms with Crippen LogP contribution in [0.15, 0.2) is 52.8 Å². The molecule has 8 heteroatoms. The molecule has 1 aromatic carbocycles. The zero-order chi connectivity index (χ0) is 23.3. The topological polar surface area (TPSA) is 87.9 Å². The number of fused-ring (bicyclic) bond motifs is 1. The van der Waals surface area contributed by atoms with Gasteiger partial charge in [-0.3, -0.25) is 14.8 Å². The van der Waals surface area contributed by atoms with Gasteiger partial charge < -0.3 is 11.5 Å². The molecule has 31 heavy (non-hydrogen) atoms. The van der Waals surface area contributed by atoms with Crippen LogP contribution in [0.1, 0.15) is 46.1 Å². The van der Waals surface area contributed by atoms with Crippen molar-refractivity contribution >= 4 is 34.5 Å². The number of hydrogen-bond acceptors (Lipinski definition) is 6. The Kier molecular flexibility index (Phi) is 7.90. The molecule has 0 saturated heterocycles. The third-order valence-corrected chi connectivity index (χ3v) is 5.31. The van der Waals surface area contributed by atoms with E-state index in [2.05, 4.69) is 25.8 Å². The number of nitrogens with two attached hydrogens (primary N) is 2. The number of ketones is 1. The number of hydrazine groups is 1. The number of anilines is 1. The van der Waals surface area contributed by atoms with Gasteiger partial charge in [0.25, 0.3) is 0 Å². The molecule has 0 fully saturated rings. The standard InChI is InChI=1S/C23H31ClFN5O/c1-15(28-12-11-23(2,3)4)17(14-26)22(31)16-8-7-13-29(5)30(25)19-10-6-9-18(24)20(19)21(16)27/h6-7,9-10,13-14H,8,11-12,26-27H2,1-5H3/b13-7-,17-14?,21-16?,28-15?. The van der Waals surface area contributed by atoms with Crippen molar-refractivity contribution in [2.75, 3.05) is 18.8 Å².